The van der Waals surface area contributed by atoms with Crippen molar-refractivity contribution in [1.29, 1.82) is 0 Å². The van der Waals surface area contributed by atoms with E-state index in [1.54, 1.807) is 6.08 Å². The number of hydrogen-bond acceptors (Lipinski definition) is 3. The predicted molar refractivity (Wildman–Crippen MR) is 87.6 cm³/mol. The van der Waals surface area contributed by atoms with Crippen LogP contribution in [-0.2, 0) is 9.53 Å². The van der Waals surface area contributed by atoms with E-state index >= 15 is 0 Å². The third-order valence-electron chi connectivity index (χ3n) is 3.70. The van der Waals surface area contributed by atoms with Crippen LogP contribution in [0, 0.1) is 0 Å². The lowest BCUT2D eigenvalue weighted by atomic mass is 9.96. The molecule has 1 saturated heterocycles. The molecule has 0 aliphatic carbocycles. The van der Waals surface area contributed by atoms with Gasteiger partial charge in [0.15, 0.2) is 5.78 Å². The van der Waals surface area contributed by atoms with Crippen molar-refractivity contribution >= 4 is 11.4 Å². The Hall–Kier alpha value is -2.23. The number of hydrogen-bond donors (Lipinski definition) is 1. The second kappa shape index (κ2) is 7.16. The number of nitrogens with one attached hydrogen (secondary N) is 1. The molecule has 0 aromatic heterocycles. The summed E-state index contributed by atoms with van der Waals surface area (Å²) in [5, 5.41) is 3.19. The van der Waals surface area contributed by atoms with E-state index in [1.807, 2.05) is 60.7 Å². The van der Waals surface area contributed by atoms with Crippen molar-refractivity contribution in [3.63, 3.8) is 0 Å². The molecule has 1 fully saturated rings. The summed E-state index contributed by atoms with van der Waals surface area (Å²) in [5.41, 5.74) is 3.00. The minimum Gasteiger partial charge on any atom is -0.367 e. The molecule has 3 rings (SSSR count). The van der Waals surface area contributed by atoms with E-state index in [2.05, 4.69) is 5.32 Å². The summed E-state index contributed by atoms with van der Waals surface area (Å²) in [6.07, 6.45) is 1.32. The van der Waals surface area contributed by atoms with Gasteiger partial charge in [0.1, 0.15) is 6.10 Å². The van der Waals surface area contributed by atoms with Crippen LogP contribution in [-0.4, -0.2) is 31.6 Å². The first-order chi connectivity index (χ1) is 10.8. The zero-order valence-electron chi connectivity index (χ0n) is 12.4. The highest BCUT2D eigenvalue weighted by molar-refractivity contribution is 6.02. The smallest absolute Gasteiger partial charge is 0.186 e. The maximum Gasteiger partial charge on any atom is 0.186 e. The van der Waals surface area contributed by atoms with Gasteiger partial charge in [-0.05, 0) is 22.8 Å². The van der Waals surface area contributed by atoms with Crippen LogP contribution in [0.4, 0.5) is 0 Å². The Labute approximate surface area is 130 Å². The molecule has 1 unspecified atom stereocenters. The first-order valence-electron chi connectivity index (χ1n) is 7.53. The lowest BCUT2D eigenvalue weighted by molar-refractivity contribution is -0.126. The molecule has 1 aliphatic heterocycles. The van der Waals surface area contributed by atoms with Gasteiger partial charge in [-0.25, -0.2) is 0 Å². The quantitative estimate of drug-likeness (QED) is 0.881. The monoisotopic (exact) mass is 293 g/mol. The highest BCUT2D eigenvalue weighted by Gasteiger charge is 2.21. The molecule has 112 valence electrons. The second-order valence-corrected chi connectivity index (χ2v) is 5.26. The second-order valence-electron chi connectivity index (χ2n) is 5.26. The maximum absolute atomic E-state index is 12.5. The molecule has 0 spiro atoms. The molecule has 1 aliphatic rings. The van der Waals surface area contributed by atoms with Gasteiger partial charge in [-0.1, -0.05) is 60.7 Å². The summed E-state index contributed by atoms with van der Waals surface area (Å²) < 4.78 is 5.56. The molecule has 2 aromatic rings. The van der Waals surface area contributed by atoms with Crippen LogP contribution in [0.5, 0.6) is 0 Å². The summed E-state index contributed by atoms with van der Waals surface area (Å²) >= 11 is 0. The molecule has 3 heteroatoms. The van der Waals surface area contributed by atoms with Crippen LogP contribution in [0.2, 0.25) is 0 Å². The number of ketones is 1. The molecular formula is C19H19NO2. The molecule has 0 radical (unpaired) electrons. The van der Waals surface area contributed by atoms with Crippen molar-refractivity contribution < 1.29 is 9.53 Å². The Morgan fingerprint density at radius 1 is 1.00 bits per heavy atom. The summed E-state index contributed by atoms with van der Waals surface area (Å²) in [7, 11) is 0. The van der Waals surface area contributed by atoms with Gasteiger partial charge in [0, 0.05) is 13.1 Å². The third-order valence-corrected chi connectivity index (χ3v) is 3.70. The molecule has 0 bridgehead atoms. The van der Waals surface area contributed by atoms with Crippen LogP contribution in [0.1, 0.15) is 11.1 Å². The molecule has 1 heterocycles. The van der Waals surface area contributed by atoms with Crippen LogP contribution >= 0.6 is 0 Å². The number of rotatable bonds is 4. The molecule has 22 heavy (non-hydrogen) atoms. The Kier molecular flexibility index (Phi) is 4.78. The molecule has 0 saturated carbocycles. The molecule has 2 aromatic carbocycles. The van der Waals surface area contributed by atoms with Crippen molar-refractivity contribution in [2.45, 2.75) is 6.10 Å². The van der Waals surface area contributed by atoms with Gasteiger partial charge in [0.05, 0.1) is 6.61 Å². The fourth-order valence-corrected chi connectivity index (χ4v) is 2.55. The van der Waals surface area contributed by atoms with Crippen molar-refractivity contribution in [2.24, 2.45) is 0 Å². The summed E-state index contributed by atoms with van der Waals surface area (Å²) in [6.45, 7) is 1.96. The Morgan fingerprint density at radius 2 is 1.59 bits per heavy atom. The normalized spacial score (nSPS) is 17.7. The van der Waals surface area contributed by atoms with Crippen LogP contribution in [0.3, 0.4) is 0 Å². The predicted octanol–water partition coefficient (Wildman–Crippen LogP) is 2.68. The maximum atomic E-state index is 12.5. The Bertz CT molecular complexity index is 602. The minimum atomic E-state index is -0.392. The van der Waals surface area contributed by atoms with E-state index in [0.717, 1.165) is 23.2 Å². The first-order valence-corrected chi connectivity index (χ1v) is 7.53. The van der Waals surface area contributed by atoms with Crippen molar-refractivity contribution in [3.8, 4) is 0 Å². The zero-order chi connectivity index (χ0) is 15.2. The molecule has 3 nitrogen and oxygen atoms in total. The van der Waals surface area contributed by atoms with Gasteiger partial charge < -0.3 is 10.1 Å². The highest BCUT2D eigenvalue weighted by Crippen LogP contribution is 2.23. The van der Waals surface area contributed by atoms with Crippen LogP contribution < -0.4 is 5.32 Å². The standard InChI is InChI=1S/C19H19NO2/c21-18(19-14-20-11-12-22-19)13-17(15-7-3-1-4-8-15)16-9-5-2-6-10-16/h1-10,13,19-20H,11-12,14H2. The van der Waals surface area contributed by atoms with E-state index in [9.17, 15) is 4.79 Å². The number of carbonyl (C=O) groups excluding carboxylic acids is 1. The van der Waals surface area contributed by atoms with Gasteiger partial charge in [-0.2, -0.15) is 0 Å². The lowest BCUT2D eigenvalue weighted by Crippen LogP contribution is -2.42. The minimum absolute atomic E-state index is 0.00917. The Balaban J connectivity index is 1.94. The topological polar surface area (TPSA) is 38.3 Å². The summed E-state index contributed by atoms with van der Waals surface area (Å²) in [6, 6.07) is 20.0. The molecule has 1 atom stereocenters. The summed E-state index contributed by atoms with van der Waals surface area (Å²) in [4.78, 5) is 12.5. The average molecular weight is 293 g/mol. The number of benzene rings is 2. The summed E-state index contributed by atoms with van der Waals surface area (Å²) in [5.74, 6) is 0.00917. The fourth-order valence-electron chi connectivity index (χ4n) is 2.55. The first kappa shape index (κ1) is 14.7. The zero-order valence-corrected chi connectivity index (χ0v) is 12.4. The number of morpholine rings is 1. The van der Waals surface area contributed by atoms with E-state index in [4.69, 9.17) is 4.74 Å². The van der Waals surface area contributed by atoms with E-state index < -0.39 is 6.10 Å². The average Bonchev–Trinajstić information content (AvgIpc) is 2.62. The molecule has 0 amide bonds. The third kappa shape index (κ3) is 3.50. The number of ether oxygens (including phenoxy) is 1. The van der Waals surface area contributed by atoms with E-state index in [1.165, 1.54) is 0 Å². The SMILES string of the molecule is O=C(C=C(c1ccccc1)c1ccccc1)C1CNCCO1. The van der Waals surface area contributed by atoms with Crippen LogP contribution in [0.25, 0.3) is 5.57 Å². The van der Waals surface area contributed by atoms with Crippen molar-refractivity contribution in [2.75, 3.05) is 19.7 Å². The molecular weight excluding hydrogens is 274 g/mol. The van der Waals surface area contributed by atoms with Crippen molar-refractivity contribution in [1.82, 2.24) is 5.32 Å². The van der Waals surface area contributed by atoms with Crippen LogP contribution in [0.15, 0.2) is 66.7 Å². The van der Waals surface area contributed by atoms with Gasteiger partial charge in [0.25, 0.3) is 0 Å². The number of carbonyl (C=O) groups is 1. The van der Waals surface area contributed by atoms with Gasteiger partial charge in [-0.15, -0.1) is 0 Å². The Morgan fingerprint density at radius 3 is 2.09 bits per heavy atom. The molecule has 1 N–H and O–H groups in total. The van der Waals surface area contributed by atoms with Crippen molar-refractivity contribution in [3.05, 3.63) is 77.9 Å². The van der Waals surface area contributed by atoms with E-state index in [0.29, 0.717) is 13.2 Å². The van der Waals surface area contributed by atoms with Gasteiger partial charge >= 0.3 is 0 Å². The highest BCUT2D eigenvalue weighted by atomic mass is 16.5. The lowest BCUT2D eigenvalue weighted by Gasteiger charge is -2.21. The largest absolute Gasteiger partial charge is 0.367 e. The van der Waals surface area contributed by atoms with Gasteiger partial charge in [0.2, 0.25) is 0 Å². The fraction of sp³-hybridized carbons (Fsp3) is 0.211. The van der Waals surface area contributed by atoms with Gasteiger partial charge in [-0.3, -0.25) is 4.79 Å². The van der Waals surface area contributed by atoms with E-state index in [-0.39, 0.29) is 5.78 Å².